The SMILES string of the molecule is C.C.C.C.C.C.C.C.C.C.CC(C)=O.CC(O)C(C)O.CC=CC.CCC(C)=O.CCC(C)O.CCNC.CCS(C)(=O)=O.CNC(=O)CC(C)O.CNCC(C)O.CNS(C)(=O)=O. The molecule has 18 heteroatoms. The van der Waals surface area contributed by atoms with Crippen LogP contribution in [0.4, 0.5) is 0 Å². The summed E-state index contributed by atoms with van der Waals surface area (Å²) in [5, 5.41) is 50.3. The van der Waals surface area contributed by atoms with Crippen molar-refractivity contribution in [2.24, 2.45) is 0 Å². The number of sulfonamides is 1. The Morgan fingerprint density at radius 1 is 0.562 bits per heavy atom. The third-order valence-corrected chi connectivity index (χ3v) is 6.42. The smallest absolute Gasteiger partial charge is 0.222 e. The second-order valence-corrected chi connectivity index (χ2v) is 15.8. The van der Waals surface area contributed by atoms with Crippen LogP contribution in [0.2, 0.25) is 0 Å². The van der Waals surface area contributed by atoms with E-state index in [9.17, 15) is 31.2 Å². The van der Waals surface area contributed by atoms with Gasteiger partial charge >= 0.3 is 0 Å². The van der Waals surface area contributed by atoms with Crippen LogP contribution in [0, 0.1) is 0 Å². The highest BCUT2D eigenvalue weighted by Gasteiger charge is 2.01. The largest absolute Gasteiger partial charge is 0.393 e. The van der Waals surface area contributed by atoms with Crippen LogP contribution in [-0.2, 0) is 34.2 Å². The third-order valence-electron chi connectivity index (χ3n) is 4.63. The van der Waals surface area contributed by atoms with E-state index in [4.69, 9.17) is 25.5 Å². The molecule has 0 fully saturated rings. The quantitative estimate of drug-likeness (QED) is 0.0929. The maximum absolute atomic E-state index is 10.4. The van der Waals surface area contributed by atoms with E-state index in [0.717, 1.165) is 19.2 Å². The predicted octanol–water partition coefficient (Wildman–Crippen LogP) is 8.58. The number of aliphatic hydroxyl groups excluding tert-OH is 5. The molecule has 0 aliphatic rings. The molecule has 0 aliphatic carbocycles. The molecule has 0 saturated heterocycles. The summed E-state index contributed by atoms with van der Waals surface area (Å²) in [6, 6.07) is 0. The minimum Gasteiger partial charge on any atom is -0.393 e. The minimum absolute atomic E-state index is 0. The number of aliphatic hydroxyl groups is 5. The van der Waals surface area contributed by atoms with Gasteiger partial charge in [0.05, 0.1) is 43.2 Å². The van der Waals surface area contributed by atoms with Gasteiger partial charge in [0.1, 0.15) is 21.4 Å². The summed E-state index contributed by atoms with van der Waals surface area (Å²) in [4.78, 5) is 29.6. The lowest BCUT2D eigenvalue weighted by molar-refractivity contribution is -0.122. The third kappa shape index (κ3) is 393. The number of hydrogen-bond donors (Lipinski definition) is 9. The lowest BCUT2D eigenvalue weighted by atomic mass is 10.3. The van der Waals surface area contributed by atoms with Crippen LogP contribution in [0.1, 0.15) is 190 Å². The molecule has 0 heterocycles. The molecule has 0 bridgehead atoms. The fourth-order valence-corrected chi connectivity index (χ4v) is 0.666. The molecule has 16 nitrogen and oxygen atoms in total. The molecular formula is C46H128N4O12S2. The number of allylic oxidation sites excluding steroid dienone is 2. The Morgan fingerprint density at radius 2 is 0.781 bits per heavy atom. The zero-order valence-electron chi connectivity index (χ0n) is 37.7. The second-order valence-electron chi connectivity index (χ2n) is 11.4. The average Bonchev–Trinajstić information content (AvgIpc) is 3.05. The van der Waals surface area contributed by atoms with Crippen LogP contribution >= 0.6 is 0 Å². The summed E-state index contributed by atoms with van der Waals surface area (Å²) < 4.78 is 41.9. The molecule has 0 rings (SSSR count). The number of sulfone groups is 1. The van der Waals surface area contributed by atoms with Crippen molar-refractivity contribution in [2.75, 3.05) is 59.5 Å². The summed E-state index contributed by atoms with van der Waals surface area (Å²) in [6.07, 6.45) is 5.99. The number of likely N-dealkylation sites (N-methyl/N-ethyl adjacent to an activating group) is 1. The summed E-state index contributed by atoms with van der Waals surface area (Å²) in [6.45, 7) is 26.1. The number of ketones is 2. The van der Waals surface area contributed by atoms with Crippen molar-refractivity contribution >= 4 is 37.3 Å². The van der Waals surface area contributed by atoms with Gasteiger partial charge in [-0.2, -0.15) is 0 Å². The normalized spacial score (nSPS) is 10.3. The van der Waals surface area contributed by atoms with Crippen molar-refractivity contribution in [3.63, 3.8) is 0 Å². The van der Waals surface area contributed by atoms with E-state index < -0.39 is 38.2 Å². The summed E-state index contributed by atoms with van der Waals surface area (Å²) in [5.74, 6) is 0.539. The van der Waals surface area contributed by atoms with Crippen molar-refractivity contribution in [2.45, 2.75) is 221 Å². The first-order valence-corrected chi connectivity index (χ1v) is 21.8. The van der Waals surface area contributed by atoms with Crippen LogP contribution < -0.4 is 20.7 Å². The van der Waals surface area contributed by atoms with Gasteiger partial charge in [-0.3, -0.25) is 4.79 Å². The molecule has 0 aromatic heterocycles. The fourth-order valence-electron chi connectivity index (χ4n) is 0.666. The number of amides is 1. The van der Waals surface area contributed by atoms with Crippen molar-refractivity contribution in [3.8, 4) is 0 Å². The number of rotatable bonds is 10. The van der Waals surface area contributed by atoms with Crippen LogP contribution in [0.3, 0.4) is 0 Å². The number of nitrogens with one attached hydrogen (secondary N) is 4. The van der Waals surface area contributed by atoms with Crippen molar-refractivity contribution in [1.82, 2.24) is 20.7 Å². The molecule has 0 aromatic carbocycles. The van der Waals surface area contributed by atoms with Crippen molar-refractivity contribution in [1.29, 1.82) is 0 Å². The maximum Gasteiger partial charge on any atom is 0.222 e. The Balaban J connectivity index is -0.0000000185. The predicted molar refractivity (Wildman–Crippen MR) is 295 cm³/mol. The van der Waals surface area contributed by atoms with Gasteiger partial charge in [0.15, 0.2) is 0 Å². The van der Waals surface area contributed by atoms with Crippen LogP contribution in [0.5, 0.6) is 0 Å². The van der Waals surface area contributed by atoms with E-state index in [1.165, 1.54) is 27.2 Å². The first-order valence-electron chi connectivity index (χ1n) is 17.8. The molecule has 416 valence electrons. The van der Waals surface area contributed by atoms with Crippen molar-refractivity contribution in [3.05, 3.63) is 12.2 Å². The summed E-state index contributed by atoms with van der Waals surface area (Å²) in [7, 11) is 1.09. The van der Waals surface area contributed by atoms with E-state index >= 15 is 0 Å². The van der Waals surface area contributed by atoms with E-state index in [0.29, 0.717) is 13.0 Å². The average molecular weight is 994 g/mol. The first-order chi connectivity index (χ1) is 24.3. The molecule has 0 spiro atoms. The Morgan fingerprint density at radius 3 is 0.797 bits per heavy atom. The molecule has 0 radical (unpaired) electrons. The van der Waals surface area contributed by atoms with E-state index in [-0.39, 0.29) is 116 Å². The Hall–Kier alpha value is -1.87. The van der Waals surface area contributed by atoms with E-state index in [1.54, 1.807) is 55.5 Å². The lowest BCUT2D eigenvalue weighted by Crippen LogP contribution is -2.21. The number of carbonyl (C=O) groups excluding carboxylic acids is 3. The lowest BCUT2D eigenvalue weighted by Gasteiger charge is -2.03. The van der Waals surface area contributed by atoms with Gasteiger partial charge < -0.3 is 51.1 Å². The fraction of sp³-hybridized carbons (Fsp3) is 0.891. The van der Waals surface area contributed by atoms with Gasteiger partial charge in [0.25, 0.3) is 0 Å². The van der Waals surface area contributed by atoms with Crippen LogP contribution in [-0.4, -0.2) is 150 Å². The van der Waals surface area contributed by atoms with Crippen LogP contribution in [0.25, 0.3) is 0 Å². The molecule has 5 atom stereocenters. The Kier molecular flexibility index (Phi) is 212. The molecule has 1 amide bonds. The van der Waals surface area contributed by atoms with Gasteiger partial charge in [0, 0.05) is 32.0 Å². The standard InChI is InChI=1S/C5H11NO2.C4H11NO.C4H10O2.C4H10O.C4H8O.C4H8.C3H9N.C3H8O2S.C3H6O.C2H7NO2S.10CH4/c1-4(7)3-5(8)6-2;1-4(6)3-5-2;1-3(5)4(2)6;2*1-3-4(2)5;2*1-3-4-2;1-3-6(2,4)5;1-3(2)4;1-3-6(2,4)5;;;;;;;;;;/h4,7H,3H2,1-2H3,(H,6,8);4-6H,3H2,1-2H3;3-6H,1-2H3;4-5H,3H2,1-2H3;3H2,1-2H3;3-4H,1-2H3;4H,3H2,1-2H3;3H2,1-2H3;1-2H3;3H,1-2H3;10*1H4. The Labute approximate surface area is 406 Å². The highest BCUT2D eigenvalue weighted by molar-refractivity contribution is 7.90. The zero-order valence-corrected chi connectivity index (χ0v) is 39.3. The first kappa shape index (κ1) is 131. The summed E-state index contributed by atoms with van der Waals surface area (Å²) >= 11 is 0. The monoisotopic (exact) mass is 993 g/mol. The minimum atomic E-state index is -2.91. The molecule has 0 aliphatic heterocycles. The van der Waals surface area contributed by atoms with E-state index in [1.807, 2.05) is 53.9 Å². The summed E-state index contributed by atoms with van der Waals surface area (Å²) in [5.41, 5.74) is 0. The molecule has 0 saturated carbocycles. The van der Waals surface area contributed by atoms with Gasteiger partial charge in [-0.1, -0.05) is 114 Å². The second kappa shape index (κ2) is 104. The number of Topliss-reactive ketones (excluding diaryl/α,β-unsaturated/α-hetero) is 2. The van der Waals surface area contributed by atoms with Gasteiger partial charge in [-0.05, 0) is 103 Å². The van der Waals surface area contributed by atoms with Crippen LogP contribution in [0.15, 0.2) is 12.2 Å². The van der Waals surface area contributed by atoms with Gasteiger partial charge in [-0.25, -0.2) is 21.6 Å². The van der Waals surface area contributed by atoms with Crippen molar-refractivity contribution < 1.29 is 56.8 Å². The highest BCUT2D eigenvalue weighted by Crippen LogP contribution is 1.86. The molecule has 64 heavy (non-hydrogen) atoms. The molecule has 0 aromatic rings. The number of carbonyl (C=O) groups is 3. The zero-order chi connectivity index (χ0) is 46.1. The molecule has 5 unspecified atom stereocenters. The molecular weight excluding hydrogens is 865 g/mol. The van der Waals surface area contributed by atoms with Gasteiger partial charge in [0.2, 0.25) is 15.9 Å². The Bertz CT molecular complexity index is 931. The maximum atomic E-state index is 10.4. The van der Waals surface area contributed by atoms with Gasteiger partial charge in [-0.15, -0.1) is 0 Å². The van der Waals surface area contributed by atoms with E-state index in [2.05, 4.69) is 27.6 Å². The number of hydrogen-bond acceptors (Lipinski definition) is 14. The highest BCUT2D eigenvalue weighted by atomic mass is 32.2. The topological polar surface area (TPSA) is 269 Å². The molecule has 9 N–H and O–H groups in total.